The molecule has 0 radical (unpaired) electrons. The lowest BCUT2D eigenvalue weighted by Crippen LogP contribution is -2.36. The monoisotopic (exact) mass is 168 g/mol. The summed E-state index contributed by atoms with van der Waals surface area (Å²) in [7, 11) is -2.77. The second kappa shape index (κ2) is 3.37. The Morgan fingerprint density at radius 1 is 1.60 bits per heavy atom. The third kappa shape index (κ3) is 5.32. The molecular formula is C3H8N2O4S. The average Bonchev–Trinajstić information content (AvgIpc) is 1.81. The lowest BCUT2D eigenvalue weighted by atomic mass is 11.0. The molecule has 0 aromatic carbocycles. The fourth-order valence-corrected chi connectivity index (χ4v) is 0.559. The summed E-state index contributed by atoms with van der Waals surface area (Å²) < 4.78 is 28.0. The Labute approximate surface area is 58.4 Å². The van der Waals surface area contributed by atoms with Crippen molar-refractivity contribution in [2.24, 2.45) is 0 Å². The van der Waals surface area contributed by atoms with Crippen LogP contribution in [0.5, 0.6) is 0 Å². The molecule has 0 rings (SSSR count). The Hall–Kier alpha value is -0.820. The van der Waals surface area contributed by atoms with Crippen molar-refractivity contribution in [2.75, 3.05) is 12.9 Å². The first-order valence-electron chi connectivity index (χ1n) is 2.36. The van der Waals surface area contributed by atoms with Crippen molar-refractivity contribution in [3.8, 4) is 0 Å². The fraction of sp³-hybridized carbons (Fsp3) is 0.667. The molecule has 6 nitrogen and oxygen atoms in total. The molecule has 0 fully saturated rings. The molecule has 0 aliphatic carbocycles. The van der Waals surface area contributed by atoms with Gasteiger partial charge in [-0.1, -0.05) is 0 Å². The number of hydrogen-bond donors (Lipinski definition) is 3. The van der Waals surface area contributed by atoms with E-state index in [-0.39, 0.29) is 0 Å². The van der Waals surface area contributed by atoms with Gasteiger partial charge < -0.3 is 10.6 Å². The average molecular weight is 168 g/mol. The van der Waals surface area contributed by atoms with Gasteiger partial charge in [-0.2, -0.15) is 8.42 Å². The second-order valence-corrected chi connectivity index (χ2v) is 2.93. The zero-order valence-electron chi connectivity index (χ0n) is 5.29. The molecule has 0 spiro atoms. The number of carbonyl (C=O) groups excluding carboxylic acids is 1. The first-order valence-corrected chi connectivity index (χ1v) is 3.97. The largest absolute Gasteiger partial charge is 0.341 e. The Morgan fingerprint density at radius 2 is 2.10 bits per heavy atom. The van der Waals surface area contributed by atoms with Crippen LogP contribution in [0, 0.1) is 0 Å². The summed E-state index contributed by atoms with van der Waals surface area (Å²) in [6.07, 6.45) is 0. The highest BCUT2D eigenvalue weighted by atomic mass is 32.2. The summed E-state index contributed by atoms with van der Waals surface area (Å²) in [5.41, 5.74) is 0. The van der Waals surface area contributed by atoms with Gasteiger partial charge >= 0.3 is 6.03 Å². The van der Waals surface area contributed by atoms with Crippen LogP contribution in [0.15, 0.2) is 0 Å². The van der Waals surface area contributed by atoms with E-state index in [9.17, 15) is 13.2 Å². The van der Waals surface area contributed by atoms with Crippen LogP contribution in [0.3, 0.4) is 0 Å². The molecule has 0 saturated heterocycles. The van der Waals surface area contributed by atoms with Crippen LogP contribution in [0.25, 0.3) is 0 Å². The van der Waals surface area contributed by atoms with E-state index in [1.54, 1.807) is 0 Å². The van der Waals surface area contributed by atoms with E-state index in [2.05, 4.69) is 5.32 Å². The van der Waals surface area contributed by atoms with Crippen molar-refractivity contribution >= 4 is 16.1 Å². The first-order chi connectivity index (χ1) is 4.45. The van der Waals surface area contributed by atoms with E-state index < -0.39 is 22.0 Å². The molecule has 3 N–H and O–H groups in total. The molecule has 0 unspecified atom stereocenters. The topological polar surface area (TPSA) is 95.5 Å². The van der Waals surface area contributed by atoms with Crippen molar-refractivity contribution in [3.63, 3.8) is 0 Å². The Bertz CT molecular complexity index is 209. The fourth-order valence-electron chi connectivity index (χ4n) is 0.245. The summed E-state index contributed by atoms with van der Waals surface area (Å²) in [5, 5.41) is 4.00. The maximum atomic E-state index is 10.3. The lowest BCUT2D eigenvalue weighted by Gasteiger charge is -1.99. The van der Waals surface area contributed by atoms with Crippen LogP contribution in [0.1, 0.15) is 0 Å². The molecule has 0 aliphatic heterocycles. The van der Waals surface area contributed by atoms with Gasteiger partial charge in [0.05, 0.1) is 0 Å². The summed E-state index contributed by atoms with van der Waals surface area (Å²) in [4.78, 5) is 10.3. The van der Waals surface area contributed by atoms with E-state index >= 15 is 0 Å². The van der Waals surface area contributed by atoms with Gasteiger partial charge in [0, 0.05) is 7.05 Å². The van der Waals surface area contributed by atoms with E-state index in [0.717, 1.165) is 0 Å². The number of rotatable bonds is 2. The summed E-state index contributed by atoms with van der Waals surface area (Å²) in [6, 6.07) is -0.655. The molecule has 0 saturated carbocycles. The van der Waals surface area contributed by atoms with Gasteiger partial charge in [-0.3, -0.25) is 4.55 Å². The minimum atomic E-state index is -4.10. The maximum Gasteiger partial charge on any atom is 0.315 e. The van der Waals surface area contributed by atoms with Crippen molar-refractivity contribution in [1.29, 1.82) is 0 Å². The van der Waals surface area contributed by atoms with Gasteiger partial charge in [0.25, 0.3) is 10.1 Å². The Balaban J connectivity index is 3.67. The van der Waals surface area contributed by atoms with E-state index in [4.69, 9.17) is 4.55 Å². The predicted molar refractivity (Wildman–Crippen MR) is 34.0 cm³/mol. The van der Waals surface area contributed by atoms with E-state index in [1.165, 1.54) is 7.05 Å². The van der Waals surface area contributed by atoms with Gasteiger partial charge in [-0.05, 0) is 0 Å². The summed E-state index contributed by atoms with van der Waals surface area (Å²) in [5.74, 6) is -0.771. The number of nitrogens with one attached hydrogen (secondary N) is 2. The predicted octanol–water partition coefficient (Wildman–Crippen LogP) is -1.24. The van der Waals surface area contributed by atoms with E-state index in [1.807, 2.05) is 5.32 Å². The lowest BCUT2D eigenvalue weighted by molar-refractivity contribution is 0.244. The number of urea groups is 1. The van der Waals surface area contributed by atoms with Crippen LogP contribution < -0.4 is 10.6 Å². The molecule has 2 amide bonds. The summed E-state index contributed by atoms with van der Waals surface area (Å²) >= 11 is 0. The third-order valence-corrected chi connectivity index (χ3v) is 1.15. The van der Waals surface area contributed by atoms with Crippen LogP contribution in [-0.2, 0) is 10.1 Å². The normalized spacial score (nSPS) is 10.6. The molecule has 0 atom stereocenters. The van der Waals surface area contributed by atoms with Gasteiger partial charge in [0.2, 0.25) is 0 Å². The Morgan fingerprint density at radius 3 is 2.40 bits per heavy atom. The molecule has 0 bridgehead atoms. The van der Waals surface area contributed by atoms with Gasteiger partial charge in [0.1, 0.15) is 5.88 Å². The number of amides is 2. The quantitative estimate of drug-likeness (QED) is 0.449. The molecule has 0 heterocycles. The highest BCUT2D eigenvalue weighted by molar-refractivity contribution is 7.85. The van der Waals surface area contributed by atoms with Crippen LogP contribution in [-0.4, -0.2) is 31.9 Å². The van der Waals surface area contributed by atoms with Crippen LogP contribution >= 0.6 is 0 Å². The molecule has 60 valence electrons. The van der Waals surface area contributed by atoms with Crippen LogP contribution in [0.4, 0.5) is 4.79 Å². The van der Waals surface area contributed by atoms with Gasteiger partial charge in [-0.15, -0.1) is 0 Å². The smallest absolute Gasteiger partial charge is 0.315 e. The molecule has 10 heavy (non-hydrogen) atoms. The molecular weight excluding hydrogens is 160 g/mol. The highest BCUT2D eigenvalue weighted by Gasteiger charge is 2.04. The zero-order valence-corrected chi connectivity index (χ0v) is 6.10. The van der Waals surface area contributed by atoms with Crippen molar-refractivity contribution in [2.45, 2.75) is 0 Å². The summed E-state index contributed by atoms with van der Waals surface area (Å²) in [6.45, 7) is 0. The Kier molecular flexibility index (Phi) is 3.10. The minimum absolute atomic E-state index is 0.655. The molecule has 7 heteroatoms. The van der Waals surface area contributed by atoms with Crippen molar-refractivity contribution in [3.05, 3.63) is 0 Å². The van der Waals surface area contributed by atoms with Gasteiger partial charge in [0.15, 0.2) is 0 Å². The second-order valence-electron chi connectivity index (χ2n) is 1.48. The SMILES string of the molecule is CNC(=O)NCS(=O)(=O)O. The standard InChI is InChI=1S/C3H8N2O4S/c1-4-3(6)5-2-10(7,8)9/h2H2,1H3,(H2,4,5,6)(H,7,8,9). The molecule has 0 aromatic rings. The van der Waals surface area contributed by atoms with Gasteiger partial charge in [-0.25, -0.2) is 4.79 Å². The van der Waals surface area contributed by atoms with Crippen molar-refractivity contribution in [1.82, 2.24) is 10.6 Å². The highest BCUT2D eigenvalue weighted by Crippen LogP contribution is 1.75. The first kappa shape index (κ1) is 9.18. The zero-order chi connectivity index (χ0) is 8.20. The minimum Gasteiger partial charge on any atom is -0.341 e. The van der Waals surface area contributed by atoms with Crippen molar-refractivity contribution < 1.29 is 17.8 Å². The molecule has 0 aliphatic rings. The molecule has 0 aromatic heterocycles. The van der Waals surface area contributed by atoms with Crippen LogP contribution in [0.2, 0.25) is 0 Å². The van der Waals surface area contributed by atoms with E-state index in [0.29, 0.717) is 0 Å². The maximum absolute atomic E-state index is 10.3. The third-order valence-electron chi connectivity index (χ3n) is 0.642. The number of hydrogen-bond acceptors (Lipinski definition) is 3. The number of carbonyl (C=O) groups is 1.